The highest BCUT2D eigenvalue weighted by molar-refractivity contribution is 6.03. The molecule has 1 N–H and O–H groups in total. The molecular weight excluding hydrogens is 434 g/mol. The van der Waals surface area contributed by atoms with Crippen LogP contribution in [0.2, 0.25) is 0 Å². The lowest BCUT2D eigenvalue weighted by Gasteiger charge is -2.45. The van der Waals surface area contributed by atoms with Crippen LogP contribution in [0.1, 0.15) is 74.3 Å². The Morgan fingerprint density at radius 1 is 0.971 bits per heavy atom. The van der Waals surface area contributed by atoms with E-state index in [1.54, 1.807) is 0 Å². The summed E-state index contributed by atoms with van der Waals surface area (Å²) in [7, 11) is 0. The molecule has 2 amide bonds. The molecule has 0 unspecified atom stereocenters. The molecule has 1 aliphatic carbocycles. The molecule has 0 radical (unpaired) electrons. The van der Waals surface area contributed by atoms with Crippen LogP contribution in [0.15, 0.2) is 60.7 Å². The van der Waals surface area contributed by atoms with Gasteiger partial charge < -0.3 is 14.8 Å². The normalized spacial score (nSPS) is 21.4. The maximum absolute atomic E-state index is 13.9. The minimum Gasteiger partial charge on any atom is -0.351 e. The van der Waals surface area contributed by atoms with Crippen LogP contribution in [-0.4, -0.2) is 39.4 Å². The number of para-hydroxylation sites is 1. The molecule has 5 nitrogen and oxygen atoms in total. The van der Waals surface area contributed by atoms with Gasteiger partial charge in [-0.05, 0) is 50.3 Å². The van der Waals surface area contributed by atoms with E-state index in [1.165, 1.54) is 24.8 Å². The average Bonchev–Trinajstić information content (AvgIpc) is 3.22. The first-order valence-corrected chi connectivity index (χ1v) is 13.3. The molecule has 35 heavy (non-hydrogen) atoms. The van der Waals surface area contributed by atoms with Gasteiger partial charge in [-0.1, -0.05) is 80.6 Å². The summed E-state index contributed by atoms with van der Waals surface area (Å²) in [5.74, 6) is -0.0598. The predicted octanol–water partition coefficient (Wildman–Crippen LogP) is 5.72. The van der Waals surface area contributed by atoms with Gasteiger partial charge in [0.25, 0.3) is 5.91 Å². The summed E-state index contributed by atoms with van der Waals surface area (Å²) in [6.45, 7) is 3.00. The van der Waals surface area contributed by atoms with Crippen molar-refractivity contribution in [3.63, 3.8) is 0 Å². The topological polar surface area (TPSA) is 54.3 Å². The van der Waals surface area contributed by atoms with Crippen molar-refractivity contribution in [1.82, 2.24) is 14.8 Å². The molecule has 1 saturated carbocycles. The van der Waals surface area contributed by atoms with E-state index >= 15 is 0 Å². The van der Waals surface area contributed by atoms with Crippen LogP contribution in [0.4, 0.5) is 0 Å². The zero-order valence-electron chi connectivity index (χ0n) is 20.8. The van der Waals surface area contributed by atoms with Crippen LogP contribution in [0.25, 0.3) is 10.9 Å². The Hall–Kier alpha value is -3.08. The third-order valence-corrected chi connectivity index (χ3v) is 7.96. The Morgan fingerprint density at radius 3 is 2.43 bits per heavy atom. The first-order valence-electron chi connectivity index (χ1n) is 13.3. The zero-order valence-corrected chi connectivity index (χ0v) is 20.8. The van der Waals surface area contributed by atoms with Crippen LogP contribution in [0, 0.1) is 0 Å². The van der Waals surface area contributed by atoms with Gasteiger partial charge in [-0.25, -0.2) is 0 Å². The molecular formula is C30H37N3O2. The standard InChI is InChI=1S/C30H37N3O2/c1-30(29(35)31-25-17-8-3-2-4-9-18-25)22-32-26-19-11-10-16-24(26)21-27(32)28(34)33(30)20-12-15-23-13-6-5-7-14-23/h5-7,10-11,13-14,16,19,21,25H,2-4,8-9,12,15,17-18,20,22H2,1H3,(H,31,35)/t30-/m1/s1. The van der Waals surface area contributed by atoms with Crippen molar-refractivity contribution in [3.05, 3.63) is 71.9 Å². The molecule has 1 aromatic heterocycles. The van der Waals surface area contributed by atoms with E-state index in [9.17, 15) is 9.59 Å². The molecule has 1 atom stereocenters. The second-order valence-corrected chi connectivity index (χ2v) is 10.5. The maximum atomic E-state index is 13.9. The van der Waals surface area contributed by atoms with E-state index in [4.69, 9.17) is 0 Å². The van der Waals surface area contributed by atoms with E-state index in [2.05, 4.69) is 22.0 Å². The highest BCUT2D eigenvalue weighted by Gasteiger charge is 2.47. The highest BCUT2D eigenvalue weighted by Crippen LogP contribution is 2.33. The molecule has 1 fully saturated rings. The minimum atomic E-state index is -0.926. The first kappa shape index (κ1) is 23.7. The molecule has 0 spiro atoms. The van der Waals surface area contributed by atoms with Crippen molar-refractivity contribution in [3.8, 4) is 0 Å². The van der Waals surface area contributed by atoms with Gasteiger partial charge in [-0.2, -0.15) is 0 Å². The predicted molar refractivity (Wildman–Crippen MR) is 140 cm³/mol. The highest BCUT2D eigenvalue weighted by atomic mass is 16.2. The van der Waals surface area contributed by atoms with Gasteiger partial charge in [-0.3, -0.25) is 9.59 Å². The first-order chi connectivity index (χ1) is 17.1. The molecule has 2 aliphatic rings. The van der Waals surface area contributed by atoms with Crippen LogP contribution in [0.5, 0.6) is 0 Å². The third kappa shape index (κ3) is 4.86. The number of carbonyl (C=O) groups excluding carboxylic acids is 2. The fraction of sp³-hybridized carbons (Fsp3) is 0.467. The van der Waals surface area contributed by atoms with Gasteiger partial charge in [0, 0.05) is 23.5 Å². The van der Waals surface area contributed by atoms with Gasteiger partial charge >= 0.3 is 0 Å². The van der Waals surface area contributed by atoms with Crippen molar-refractivity contribution < 1.29 is 9.59 Å². The molecule has 0 bridgehead atoms. The number of aromatic nitrogens is 1. The third-order valence-electron chi connectivity index (χ3n) is 7.96. The fourth-order valence-electron chi connectivity index (χ4n) is 5.88. The van der Waals surface area contributed by atoms with Crippen LogP contribution in [0.3, 0.4) is 0 Å². The van der Waals surface area contributed by atoms with Crippen molar-refractivity contribution in [2.24, 2.45) is 0 Å². The fourth-order valence-corrected chi connectivity index (χ4v) is 5.88. The minimum absolute atomic E-state index is 0.0143. The summed E-state index contributed by atoms with van der Waals surface area (Å²) in [5.41, 5.74) is 2.03. The number of rotatable bonds is 6. The Labute approximate surface area is 208 Å². The quantitative estimate of drug-likeness (QED) is 0.500. The van der Waals surface area contributed by atoms with Crippen LogP contribution >= 0.6 is 0 Å². The Balaban J connectivity index is 1.42. The number of hydrogen-bond donors (Lipinski definition) is 1. The lowest BCUT2D eigenvalue weighted by Crippen LogP contribution is -2.65. The Bertz CT molecular complexity index is 1180. The number of hydrogen-bond acceptors (Lipinski definition) is 2. The lowest BCUT2D eigenvalue weighted by atomic mass is 9.91. The molecule has 2 heterocycles. The van der Waals surface area contributed by atoms with Crippen molar-refractivity contribution in [1.29, 1.82) is 0 Å². The summed E-state index contributed by atoms with van der Waals surface area (Å²) in [6, 6.07) is 20.6. The summed E-state index contributed by atoms with van der Waals surface area (Å²) in [6.07, 6.45) is 9.87. The van der Waals surface area contributed by atoms with E-state index in [-0.39, 0.29) is 17.9 Å². The van der Waals surface area contributed by atoms with E-state index < -0.39 is 5.54 Å². The molecule has 1 aliphatic heterocycles. The number of amides is 2. The number of nitrogens with zero attached hydrogens (tertiary/aromatic N) is 2. The number of aryl methyl sites for hydroxylation is 1. The van der Waals surface area contributed by atoms with E-state index in [1.807, 2.05) is 60.4 Å². The molecule has 5 rings (SSSR count). The van der Waals surface area contributed by atoms with Gasteiger partial charge in [0.2, 0.25) is 5.91 Å². The van der Waals surface area contributed by atoms with Gasteiger partial charge in [-0.15, -0.1) is 0 Å². The molecule has 184 valence electrons. The van der Waals surface area contributed by atoms with E-state index in [0.717, 1.165) is 49.4 Å². The summed E-state index contributed by atoms with van der Waals surface area (Å²) in [4.78, 5) is 29.6. The maximum Gasteiger partial charge on any atom is 0.271 e. The average molecular weight is 472 g/mol. The molecule has 2 aromatic carbocycles. The Morgan fingerprint density at radius 2 is 1.66 bits per heavy atom. The van der Waals surface area contributed by atoms with Gasteiger partial charge in [0.1, 0.15) is 11.2 Å². The van der Waals surface area contributed by atoms with Crippen molar-refractivity contribution >= 4 is 22.7 Å². The van der Waals surface area contributed by atoms with Crippen molar-refractivity contribution in [2.75, 3.05) is 6.54 Å². The van der Waals surface area contributed by atoms with Gasteiger partial charge in [0.05, 0.1) is 6.54 Å². The van der Waals surface area contributed by atoms with Crippen molar-refractivity contribution in [2.45, 2.75) is 82.8 Å². The van der Waals surface area contributed by atoms with E-state index in [0.29, 0.717) is 18.8 Å². The number of carbonyl (C=O) groups is 2. The second kappa shape index (κ2) is 10.3. The molecule has 5 heteroatoms. The number of benzene rings is 2. The summed E-state index contributed by atoms with van der Waals surface area (Å²) >= 11 is 0. The SMILES string of the molecule is C[C@]1(C(=O)NC2CCCCCCC2)Cn2c(cc3ccccc32)C(=O)N1CCCc1ccccc1. The second-order valence-electron chi connectivity index (χ2n) is 10.5. The number of fused-ring (bicyclic) bond motifs is 3. The molecule has 0 saturated heterocycles. The molecule has 3 aromatic rings. The monoisotopic (exact) mass is 471 g/mol. The smallest absolute Gasteiger partial charge is 0.271 e. The lowest BCUT2D eigenvalue weighted by molar-refractivity contribution is -0.133. The van der Waals surface area contributed by atoms with Gasteiger partial charge in [0.15, 0.2) is 0 Å². The summed E-state index contributed by atoms with van der Waals surface area (Å²) < 4.78 is 2.06. The van der Waals surface area contributed by atoms with Crippen LogP contribution < -0.4 is 5.32 Å². The Kier molecular flexibility index (Phi) is 6.94. The van der Waals surface area contributed by atoms with Crippen LogP contribution in [-0.2, 0) is 17.8 Å². The summed E-state index contributed by atoms with van der Waals surface area (Å²) in [5, 5.41) is 4.43. The number of nitrogens with one attached hydrogen (secondary N) is 1. The largest absolute Gasteiger partial charge is 0.351 e. The zero-order chi connectivity index (χ0) is 24.3.